The second-order valence-corrected chi connectivity index (χ2v) is 5.75. The van der Waals surface area contributed by atoms with Gasteiger partial charge in [-0.2, -0.15) is 0 Å². The molecule has 0 aromatic carbocycles. The average molecular weight is 265 g/mol. The fourth-order valence-corrected chi connectivity index (χ4v) is 2.95. The van der Waals surface area contributed by atoms with E-state index >= 15 is 0 Å². The summed E-state index contributed by atoms with van der Waals surface area (Å²) in [5.74, 6) is 1.76. The van der Waals surface area contributed by atoms with E-state index in [0.29, 0.717) is 0 Å². The van der Waals surface area contributed by atoms with Crippen molar-refractivity contribution in [2.45, 2.75) is 46.6 Å². The summed E-state index contributed by atoms with van der Waals surface area (Å²) in [6, 6.07) is 0. The molecule has 1 aliphatic heterocycles. The van der Waals surface area contributed by atoms with Gasteiger partial charge in [0, 0.05) is 18.7 Å². The van der Waals surface area contributed by atoms with Gasteiger partial charge in [-0.25, -0.2) is 0 Å². The van der Waals surface area contributed by atoms with Gasteiger partial charge < -0.3 is 9.84 Å². The predicted octanol–water partition coefficient (Wildman–Crippen LogP) is 2.50. The third-order valence-electron chi connectivity index (χ3n) is 4.02. The highest BCUT2D eigenvalue weighted by atomic mass is 16.5. The van der Waals surface area contributed by atoms with E-state index in [1.165, 1.54) is 44.5 Å². The van der Waals surface area contributed by atoms with Crippen LogP contribution in [0.1, 0.15) is 43.2 Å². The Morgan fingerprint density at radius 3 is 2.84 bits per heavy atom. The molecule has 1 fully saturated rings. The molecule has 19 heavy (non-hydrogen) atoms. The number of piperidine rings is 1. The Balaban J connectivity index is 1.95. The fourth-order valence-electron chi connectivity index (χ4n) is 2.95. The summed E-state index contributed by atoms with van der Waals surface area (Å²) < 4.78 is 5.28. The molecule has 1 aromatic heterocycles. The summed E-state index contributed by atoms with van der Waals surface area (Å²) in [5.41, 5.74) is 2.32. The molecule has 1 atom stereocenters. The number of aromatic nitrogens is 1. The molecule has 1 N–H and O–H groups in total. The normalized spacial score (nSPS) is 20.1. The van der Waals surface area contributed by atoms with Crippen LogP contribution in [0, 0.1) is 19.8 Å². The molecule has 2 heterocycles. The van der Waals surface area contributed by atoms with Crippen LogP contribution < -0.4 is 5.32 Å². The molecule has 2 rings (SSSR count). The van der Waals surface area contributed by atoms with Crippen molar-refractivity contribution in [1.82, 2.24) is 15.4 Å². The van der Waals surface area contributed by atoms with Crippen LogP contribution in [-0.4, -0.2) is 36.2 Å². The highest BCUT2D eigenvalue weighted by Crippen LogP contribution is 2.18. The Hall–Kier alpha value is -0.870. The molecule has 4 nitrogen and oxygen atoms in total. The monoisotopic (exact) mass is 265 g/mol. The standard InChI is InChI=1S/C15H27N3O/c1-4-8-18(10-14-6-5-7-16-9-14)11-15-12(2)17-19-13(15)3/h14,16H,4-11H2,1-3H3. The quantitative estimate of drug-likeness (QED) is 0.858. The van der Waals surface area contributed by atoms with Crippen LogP contribution >= 0.6 is 0 Å². The van der Waals surface area contributed by atoms with Crippen LogP contribution in [0.5, 0.6) is 0 Å². The van der Waals surface area contributed by atoms with E-state index in [0.717, 1.165) is 30.5 Å². The Morgan fingerprint density at radius 2 is 2.26 bits per heavy atom. The zero-order valence-electron chi connectivity index (χ0n) is 12.5. The highest BCUT2D eigenvalue weighted by Gasteiger charge is 2.19. The van der Waals surface area contributed by atoms with Crippen molar-refractivity contribution in [2.75, 3.05) is 26.2 Å². The maximum atomic E-state index is 5.28. The molecule has 1 saturated heterocycles. The Labute approximate surface area is 116 Å². The van der Waals surface area contributed by atoms with E-state index in [4.69, 9.17) is 4.52 Å². The van der Waals surface area contributed by atoms with Gasteiger partial charge in [0.1, 0.15) is 5.76 Å². The molecular weight excluding hydrogens is 238 g/mol. The summed E-state index contributed by atoms with van der Waals surface area (Å²) in [4.78, 5) is 2.56. The zero-order valence-corrected chi connectivity index (χ0v) is 12.5. The maximum Gasteiger partial charge on any atom is 0.138 e. The second-order valence-electron chi connectivity index (χ2n) is 5.75. The molecule has 1 aliphatic rings. The SMILES string of the molecule is CCCN(Cc1c(C)noc1C)CC1CCCNC1. The summed E-state index contributed by atoms with van der Waals surface area (Å²) in [5, 5.41) is 7.57. The lowest BCUT2D eigenvalue weighted by molar-refractivity contribution is 0.200. The topological polar surface area (TPSA) is 41.3 Å². The van der Waals surface area contributed by atoms with Crippen LogP contribution in [-0.2, 0) is 6.54 Å². The number of hydrogen-bond donors (Lipinski definition) is 1. The van der Waals surface area contributed by atoms with Crippen molar-refractivity contribution in [3.63, 3.8) is 0 Å². The van der Waals surface area contributed by atoms with E-state index < -0.39 is 0 Å². The molecule has 0 bridgehead atoms. The minimum absolute atomic E-state index is 0.792. The molecule has 0 saturated carbocycles. The molecule has 108 valence electrons. The number of rotatable bonds is 6. The minimum atomic E-state index is 0.792. The van der Waals surface area contributed by atoms with Crippen LogP contribution in [0.3, 0.4) is 0 Å². The number of nitrogens with one attached hydrogen (secondary N) is 1. The van der Waals surface area contributed by atoms with E-state index in [2.05, 4.69) is 22.3 Å². The molecule has 1 unspecified atom stereocenters. The van der Waals surface area contributed by atoms with Gasteiger partial charge in [-0.1, -0.05) is 12.1 Å². The maximum absolute atomic E-state index is 5.28. The molecular formula is C15H27N3O. The Bertz CT molecular complexity index is 363. The first kappa shape index (κ1) is 14.5. The van der Waals surface area contributed by atoms with Crippen LogP contribution in [0.4, 0.5) is 0 Å². The van der Waals surface area contributed by atoms with E-state index in [1.807, 2.05) is 13.8 Å². The number of nitrogens with zero attached hydrogens (tertiary/aromatic N) is 2. The van der Waals surface area contributed by atoms with Crippen LogP contribution in [0.15, 0.2) is 4.52 Å². The molecule has 0 spiro atoms. The van der Waals surface area contributed by atoms with Crippen molar-refractivity contribution in [2.24, 2.45) is 5.92 Å². The fraction of sp³-hybridized carbons (Fsp3) is 0.800. The van der Waals surface area contributed by atoms with E-state index in [9.17, 15) is 0 Å². The Kier molecular flexibility index (Phi) is 5.40. The van der Waals surface area contributed by atoms with Crippen LogP contribution in [0.2, 0.25) is 0 Å². The van der Waals surface area contributed by atoms with Gasteiger partial charge in [0.15, 0.2) is 0 Å². The zero-order chi connectivity index (χ0) is 13.7. The predicted molar refractivity (Wildman–Crippen MR) is 77.1 cm³/mol. The minimum Gasteiger partial charge on any atom is -0.361 e. The lowest BCUT2D eigenvalue weighted by Gasteiger charge is -2.30. The van der Waals surface area contributed by atoms with Gasteiger partial charge in [0.25, 0.3) is 0 Å². The first-order chi connectivity index (χ1) is 9.20. The first-order valence-electron chi connectivity index (χ1n) is 7.55. The van der Waals surface area contributed by atoms with Gasteiger partial charge in [0.2, 0.25) is 0 Å². The molecule has 0 aliphatic carbocycles. The van der Waals surface area contributed by atoms with Crippen molar-refractivity contribution in [1.29, 1.82) is 0 Å². The molecule has 0 radical (unpaired) electrons. The molecule has 0 amide bonds. The smallest absolute Gasteiger partial charge is 0.138 e. The van der Waals surface area contributed by atoms with Gasteiger partial charge in [0.05, 0.1) is 5.69 Å². The highest BCUT2D eigenvalue weighted by molar-refractivity contribution is 5.20. The lowest BCUT2D eigenvalue weighted by Crippen LogP contribution is -2.38. The summed E-state index contributed by atoms with van der Waals surface area (Å²) >= 11 is 0. The number of aryl methyl sites for hydroxylation is 2. The largest absolute Gasteiger partial charge is 0.361 e. The van der Waals surface area contributed by atoms with Crippen molar-refractivity contribution in [3.8, 4) is 0 Å². The van der Waals surface area contributed by atoms with Gasteiger partial charge in [-0.05, 0) is 58.7 Å². The summed E-state index contributed by atoms with van der Waals surface area (Å²) in [6.45, 7) is 12.0. The molecule has 1 aromatic rings. The third-order valence-corrected chi connectivity index (χ3v) is 4.02. The summed E-state index contributed by atoms with van der Waals surface area (Å²) in [7, 11) is 0. The van der Waals surface area contributed by atoms with E-state index in [1.54, 1.807) is 0 Å². The number of hydrogen-bond acceptors (Lipinski definition) is 4. The van der Waals surface area contributed by atoms with Crippen molar-refractivity contribution >= 4 is 0 Å². The average Bonchev–Trinajstić information content (AvgIpc) is 2.72. The van der Waals surface area contributed by atoms with Crippen LogP contribution in [0.25, 0.3) is 0 Å². The lowest BCUT2D eigenvalue weighted by atomic mass is 9.98. The third kappa shape index (κ3) is 4.05. The summed E-state index contributed by atoms with van der Waals surface area (Å²) in [6.07, 6.45) is 3.87. The Morgan fingerprint density at radius 1 is 1.42 bits per heavy atom. The van der Waals surface area contributed by atoms with Gasteiger partial charge in [-0.15, -0.1) is 0 Å². The van der Waals surface area contributed by atoms with Crippen molar-refractivity contribution < 1.29 is 4.52 Å². The van der Waals surface area contributed by atoms with E-state index in [-0.39, 0.29) is 0 Å². The second kappa shape index (κ2) is 7.06. The van der Waals surface area contributed by atoms with Gasteiger partial charge in [-0.3, -0.25) is 4.90 Å². The first-order valence-corrected chi connectivity index (χ1v) is 7.55. The van der Waals surface area contributed by atoms with Gasteiger partial charge >= 0.3 is 0 Å². The molecule has 4 heteroatoms. The van der Waals surface area contributed by atoms with Crippen molar-refractivity contribution in [3.05, 3.63) is 17.0 Å².